The molecule has 0 unspecified atom stereocenters. The van der Waals surface area contributed by atoms with Crippen LogP contribution in [0.1, 0.15) is 11.4 Å². The zero-order chi connectivity index (χ0) is 13.9. The summed E-state index contributed by atoms with van der Waals surface area (Å²) in [4.78, 5) is 8.77. The van der Waals surface area contributed by atoms with E-state index < -0.39 is 0 Å². The van der Waals surface area contributed by atoms with Crippen molar-refractivity contribution in [1.29, 1.82) is 0 Å². The second kappa shape index (κ2) is 5.13. The summed E-state index contributed by atoms with van der Waals surface area (Å²) in [6, 6.07) is 13.5. The fraction of sp³-hybridized carbons (Fsp3) is 0.133. The highest BCUT2D eigenvalue weighted by molar-refractivity contribution is 5.60. The number of anilines is 1. The van der Waals surface area contributed by atoms with E-state index in [-0.39, 0.29) is 0 Å². The largest absolute Gasteiger partial charge is 0.399 e. The lowest BCUT2D eigenvalue weighted by Crippen LogP contribution is -2.03. The lowest BCUT2D eigenvalue weighted by atomic mass is 10.2. The van der Waals surface area contributed by atoms with Crippen molar-refractivity contribution >= 4 is 5.69 Å². The Labute approximate surface area is 117 Å². The van der Waals surface area contributed by atoms with Crippen molar-refractivity contribution in [2.45, 2.75) is 13.5 Å². The van der Waals surface area contributed by atoms with Gasteiger partial charge in [-0.15, -0.1) is 0 Å². The van der Waals surface area contributed by atoms with Gasteiger partial charge < -0.3 is 5.73 Å². The molecule has 0 aliphatic carbocycles. The van der Waals surface area contributed by atoms with Gasteiger partial charge in [0.15, 0.2) is 5.82 Å². The molecule has 5 nitrogen and oxygen atoms in total. The molecule has 3 rings (SSSR count). The van der Waals surface area contributed by atoms with E-state index in [1.807, 2.05) is 49.4 Å². The minimum Gasteiger partial charge on any atom is -0.399 e. The van der Waals surface area contributed by atoms with Crippen LogP contribution in [-0.2, 0) is 6.54 Å². The summed E-state index contributed by atoms with van der Waals surface area (Å²) in [5, 5.41) is 4.46. The second-order valence-electron chi connectivity index (χ2n) is 4.66. The van der Waals surface area contributed by atoms with Crippen molar-refractivity contribution in [3.63, 3.8) is 0 Å². The molecule has 5 heteroatoms. The highest BCUT2D eigenvalue weighted by Gasteiger charge is 2.05. The number of pyridine rings is 1. The third-order valence-corrected chi connectivity index (χ3v) is 2.95. The molecule has 0 fully saturated rings. The number of hydrogen-bond donors (Lipinski definition) is 1. The molecule has 2 N–H and O–H groups in total. The van der Waals surface area contributed by atoms with E-state index in [0.29, 0.717) is 18.1 Å². The number of aromatic nitrogens is 4. The van der Waals surface area contributed by atoms with E-state index in [4.69, 9.17) is 5.73 Å². The van der Waals surface area contributed by atoms with Crippen molar-refractivity contribution in [2.24, 2.45) is 0 Å². The molecule has 0 radical (unpaired) electrons. The molecule has 0 saturated carbocycles. The fourth-order valence-electron chi connectivity index (χ4n) is 2.03. The van der Waals surface area contributed by atoms with Crippen LogP contribution in [0.15, 0.2) is 48.8 Å². The predicted octanol–water partition coefficient (Wildman–Crippen LogP) is 2.28. The molecule has 0 saturated heterocycles. The van der Waals surface area contributed by atoms with Gasteiger partial charge in [-0.25, -0.2) is 9.67 Å². The number of aryl methyl sites for hydroxylation is 1. The normalized spacial score (nSPS) is 10.7. The molecule has 2 heterocycles. The monoisotopic (exact) mass is 265 g/mol. The quantitative estimate of drug-likeness (QED) is 0.738. The van der Waals surface area contributed by atoms with Gasteiger partial charge in [-0.3, -0.25) is 4.98 Å². The van der Waals surface area contributed by atoms with Crippen molar-refractivity contribution in [3.8, 4) is 11.4 Å². The predicted molar refractivity (Wildman–Crippen MR) is 77.9 cm³/mol. The highest BCUT2D eigenvalue weighted by Crippen LogP contribution is 2.17. The number of hydrogen-bond acceptors (Lipinski definition) is 4. The van der Waals surface area contributed by atoms with Crippen molar-refractivity contribution < 1.29 is 0 Å². The Morgan fingerprint density at radius 2 is 2.00 bits per heavy atom. The molecule has 0 amide bonds. The summed E-state index contributed by atoms with van der Waals surface area (Å²) >= 11 is 0. The minimum atomic E-state index is 0.608. The van der Waals surface area contributed by atoms with E-state index in [2.05, 4.69) is 15.1 Å². The average Bonchev–Trinajstić information content (AvgIpc) is 2.87. The number of nitrogen functional groups attached to an aromatic ring is 1. The van der Waals surface area contributed by atoms with Crippen molar-refractivity contribution in [2.75, 3.05) is 5.73 Å². The first kappa shape index (κ1) is 12.3. The van der Waals surface area contributed by atoms with E-state index in [1.165, 1.54) is 0 Å². The molecular formula is C15H15N5. The fourth-order valence-corrected chi connectivity index (χ4v) is 2.03. The first-order valence-corrected chi connectivity index (χ1v) is 6.38. The molecule has 2 aromatic heterocycles. The van der Waals surface area contributed by atoms with E-state index >= 15 is 0 Å². The number of rotatable bonds is 3. The average molecular weight is 265 g/mol. The van der Waals surface area contributed by atoms with Gasteiger partial charge in [0, 0.05) is 16.9 Å². The Hall–Kier alpha value is -2.69. The Bertz CT molecular complexity index is 732. The Balaban J connectivity index is 1.84. The summed E-state index contributed by atoms with van der Waals surface area (Å²) in [6.07, 6.45) is 1.71. The number of nitrogens with zero attached hydrogens (tertiary/aromatic N) is 4. The molecule has 0 bridgehead atoms. The minimum absolute atomic E-state index is 0.608. The van der Waals surface area contributed by atoms with Crippen LogP contribution in [0.25, 0.3) is 11.4 Å². The van der Waals surface area contributed by atoms with Crippen LogP contribution in [0.3, 0.4) is 0 Å². The molecule has 1 aromatic carbocycles. The van der Waals surface area contributed by atoms with Crippen LogP contribution in [-0.4, -0.2) is 19.7 Å². The molecule has 20 heavy (non-hydrogen) atoms. The van der Waals surface area contributed by atoms with E-state index in [1.54, 1.807) is 11.0 Å². The van der Waals surface area contributed by atoms with Gasteiger partial charge in [-0.1, -0.05) is 18.2 Å². The molecular weight excluding hydrogens is 250 g/mol. The van der Waals surface area contributed by atoms with Gasteiger partial charge in [0.05, 0.1) is 12.2 Å². The Morgan fingerprint density at radius 3 is 2.80 bits per heavy atom. The molecule has 0 aliphatic heterocycles. The van der Waals surface area contributed by atoms with E-state index in [9.17, 15) is 0 Å². The Morgan fingerprint density at radius 1 is 1.15 bits per heavy atom. The van der Waals surface area contributed by atoms with Gasteiger partial charge in [0.1, 0.15) is 6.33 Å². The topological polar surface area (TPSA) is 69.6 Å². The summed E-state index contributed by atoms with van der Waals surface area (Å²) in [7, 11) is 0. The summed E-state index contributed by atoms with van der Waals surface area (Å²) in [5.74, 6) is 0.671. The molecule has 0 spiro atoms. The van der Waals surface area contributed by atoms with Gasteiger partial charge in [-0.05, 0) is 31.2 Å². The van der Waals surface area contributed by atoms with Crippen LogP contribution in [0.2, 0.25) is 0 Å². The summed E-state index contributed by atoms with van der Waals surface area (Å²) < 4.78 is 1.78. The SMILES string of the molecule is Cc1cccc(Cn2cnc(-c3cccc(N)c3)n2)n1. The van der Waals surface area contributed by atoms with Crippen LogP contribution in [0.5, 0.6) is 0 Å². The first-order chi connectivity index (χ1) is 9.70. The van der Waals surface area contributed by atoms with Crippen LogP contribution >= 0.6 is 0 Å². The third kappa shape index (κ3) is 2.66. The van der Waals surface area contributed by atoms with Crippen LogP contribution in [0.4, 0.5) is 5.69 Å². The van der Waals surface area contributed by atoms with Gasteiger partial charge in [-0.2, -0.15) is 5.10 Å². The summed E-state index contributed by atoms with van der Waals surface area (Å²) in [5.41, 5.74) is 9.36. The van der Waals surface area contributed by atoms with Crippen molar-refractivity contribution in [1.82, 2.24) is 19.7 Å². The number of benzene rings is 1. The standard InChI is InChI=1S/C15H15N5/c1-11-4-2-7-14(18-11)9-20-10-17-15(19-20)12-5-3-6-13(16)8-12/h2-8,10H,9,16H2,1H3. The molecule has 0 atom stereocenters. The van der Waals surface area contributed by atoms with Crippen LogP contribution < -0.4 is 5.73 Å². The van der Waals surface area contributed by atoms with Gasteiger partial charge >= 0.3 is 0 Å². The lowest BCUT2D eigenvalue weighted by molar-refractivity contribution is 0.671. The van der Waals surface area contributed by atoms with Gasteiger partial charge in [0.2, 0.25) is 0 Å². The lowest BCUT2D eigenvalue weighted by Gasteiger charge is -2.01. The maximum atomic E-state index is 5.77. The first-order valence-electron chi connectivity index (χ1n) is 6.38. The zero-order valence-electron chi connectivity index (χ0n) is 11.2. The smallest absolute Gasteiger partial charge is 0.181 e. The van der Waals surface area contributed by atoms with Gasteiger partial charge in [0.25, 0.3) is 0 Å². The highest BCUT2D eigenvalue weighted by atomic mass is 15.3. The van der Waals surface area contributed by atoms with Crippen molar-refractivity contribution in [3.05, 3.63) is 60.2 Å². The second-order valence-corrected chi connectivity index (χ2v) is 4.66. The third-order valence-electron chi connectivity index (χ3n) is 2.95. The molecule has 100 valence electrons. The molecule has 3 aromatic rings. The summed E-state index contributed by atoms with van der Waals surface area (Å²) in [6.45, 7) is 2.58. The van der Waals surface area contributed by atoms with E-state index in [0.717, 1.165) is 17.0 Å². The van der Waals surface area contributed by atoms with Crippen LogP contribution in [0, 0.1) is 6.92 Å². The maximum Gasteiger partial charge on any atom is 0.181 e. The Kier molecular flexibility index (Phi) is 3.16. The maximum absolute atomic E-state index is 5.77. The molecule has 0 aliphatic rings. The number of nitrogens with two attached hydrogens (primary N) is 1. The zero-order valence-corrected chi connectivity index (χ0v) is 11.2.